The number of thiazole rings is 1. The number of benzene rings is 1. The molecule has 28 heavy (non-hydrogen) atoms. The van der Waals surface area contributed by atoms with E-state index in [1.54, 1.807) is 14.0 Å². The van der Waals surface area contributed by atoms with Crippen molar-refractivity contribution in [1.82, 2.24) is 10.3 Å². The van der Waals surface area contributed by atoms with Crippen molar-refractivity contribution in [3.8, 4) is 0 Å². The van der Waals surface area contributed by atoms with Crippen LogP contribution in [-0.2, 0) is 4.74 Å². The van der Waals surface area contributed by atoms with Gasteiger partial charge in [-0.15, -0.1) is 0 Å². The Hall–Kier alpha value is -2.45. The van der Waals surface area contributed by atoms with Crippen molar-refractivity contribution >= 4 is 34.1 Å². The van der Waals surface area contributed by atoms with Crippen molar-refractivity contribution in [2.24, 2.45) is 0 Å². The van der Waals surface area contributed by atoms with E-state index < -0.39 is 0 Å². The molecule has 7 nitrogen and oxygen atoms in total. The van der Waals surface area contributed by atoms with Gasteiger partial charge < -0.3 is 15.4 Å². The predicted molar refractivity (Wildman–Crippen MR) is 114 cm³/mol. The van der Waals surface area contributed by atoms with Gasteiger partial charge in [0.1, 0.15) is 4.88 Å². The number of carbonyl (C=O) groups is 2. The molecule has 0 aliphatic heterocycles. The molecular formula is C20H28N4O3S. The standard InChI is InChI=1S/C20H28N4O3S/c1-7-15(27-6)10-21-19(26)24-20-22-14(5)17(28-20)18(25)23-16-12(3)8-11(2)9-13(16)4/h8-9,15H,7,10H2,1-6H3,(H,23,25)(H2,21,22,24,26). The largest absolute Gasteiger partial charge is 0.380 e. The molecule has 3 amide bonds. The molecule has 0 radical (unpaired) electrons. The smallest absolute Gasteiger partial charge is 0.321 e. The predicted octanol–water partition coefficient (Wildman–Crippen LogP) is 4.18. The summed E-state index contributed by atoms with van der Waals surface area (Å²) < 4.78 is 5.23. The van der Waals surface area contributed by atoms with E-state index in [-0.39, 0.29) is 18.0 Å². The third-order valence-electron chi connectivity index (χ3n) is 4.42. The summed E-state index contributed by atoms with van der Waals surface area (Å²) in [5.74, 6) is -0.232. The first-order valence-corrected chi connectivity index (χ1v) is 10.0. The molecule has 1 aromatic carbocycles. The molecule has 2 aromatic rings. The Morgan fingerprint density at radius 2 is 1.79 bits per heavy atom. The number of amides is 3. The van der Waals surface area contributed by atoms with Gasteiger partial charge in [0.15, 0.2) is 5.13 Å². The van der Waals surface area contributed by atoms with Crippen molar-refractivity contribution in [3.05, 3.63) is 39.4 Å². The van der Waals surface area contributed by atoms with Gasteiger partial charge in [0.2, 0.25) is 0 Å². The highest BCUT2D eigenvalue weighted by atomic mass is 32.1. The van der Waals surface area contributed by atoms with Crippen LogP contribution in [-0.4, -0.2) is 36.7 Å². The normalized spacial score (nSPS) is 11.8. The summed E-state index contributed by atoms with van der Waals surface area (Å²) in [6.45, 7) is 10.1. The van der Waals surface area contributed by atoms with Gasteiger partial charge in [0, 0.05) is 19.3 Å². The number of nitrogens with zero attached hydrogens (tertiary/aromatic N) is 1. The zero-order chi connectivity index (χ0) is 20.8. The highest BCUT2D eigenvalue weighted by Crippen LogP contribution is 2.26. The van der Waals surface area contributed by atoms with Crippen molar-refractivity contribution in [1.29, 1.82) is 0 Å². The Morgan fingerprint density at radius 1 is 1.14 bits per heavy atom. The van der Waals surface area contributed by atoms with Crippen LogP contribution in [0.5, 0.6) is 0 Å². The molecule has 1 atom stereocenters. The number of methoxy groups -OCH3 is 1. The highest BCUT2D eigenvalue weighted by molar-refractivity contribution is 7.17. The fourth-order valence-electron chi connectivity index (χ4n) is 2.95. The quantitative estimate of drug-likeness (QED) is 0.646. The minimum Gasteiger partial charge on any atom is -0.380 e. The topological polar surface area (TPSA) is 92.4 Å². The number of anilines is 2. The number of nitrogens with one attached hydrogen (secondary N) is 3. The zero-order valence-corrected chi connectivity index (χ0v) is 18.0. The summed E-state index contributed by atoms with van der Waals surface area (Å²) in [5, 5.41) is 8.77. The van der Waals surface area contributed by atoms with Crippen LogP contribution in [0.25, 0.3) is 0 Å². The Kier molecular flexibility index (Phi) is 7.53. The van der Waals surface area contributed by atoms with E-state index in [1.807, 2.05) is 39.8 Å². The zero-order valence-electron chi connectivity index (χ0n) is 17.2. The van der Waals surface area contributed by atoms with Crippen LogP contribution >= 0.6 is 11.3 Å². The lowest BCUT2D eigenvalue weighted by molar-refractivity contribution is 0.101. The average Bonchev–Trinajstić information content (AvgIpc) is 2.99. The molecule has 8 heteroatoms. The van der Waals surface area contributed by atoms with E-state index in [4.69, 9.17) is 4.74 Å². The molecule has 0 aliphatic rings. The Bertz CT molecular complexity index is 836. The van der Waals surface area contributed by atoms with Crippen LogP contribution in [0.4, 0.5) is 15.6 Å². The first-order valence-electron chi connectivity index (χ1n) is 9.19. The molecule has 2 rings (SSSR count). The Balaban J connectivity index is 2.05. The van der Waals surface area contributed by atoms with Crippen LogP contribution in [0.3, 0.4) is 0 Å². The number of aromatic nitrogens is 1. The van der Waals surface area contributed by atoms with Gasteiger partial charge >= 0.3 is 6.03 Å². The maximum absolute atomic E-state index is 12.7. The molecule has 0 spiro atoms. The number of aryl methyl sites for hydroxylation is 4. The summed E-state index contributed by atoms with van der Waals surface area (Å²) in [5.41, 5.74) is 4.55. The number of hydrogen-bond donors (Lipinski definition) is 3. The van der Waals surface area contributed by atoms with Crippen molar-refractivity contribution in [2.75, 3.05) is 24.3 Å². The SMILES string of the molecule is CCC(CNC(=O)Nc1nc(C)c(C(=O)Nc2c(C)cc(C)cc2C)s1)OC. The van der Waals surface area contributed by atoms with Crippen LogP contribution in [0.1, 0.15) is 45.4 Å². The van der Waals surface area contributed by atoms with Gasteiger partial charge in [-0.2, -0.15) is 0 Å². The lowest BCUT2D eigenvalue weighted by Gasteiger charge is -2.13. The second-order valence-electron chi connectivity index (χ2n) is 6.76. The fraction of sp³-hybridized carbons (Fsp3) is 0.450. The molecule has 0 fully saturated rings. The summed E-state index contributed by atoms with van der Waals surface area (Å²) in [4.78, 5) is 29.5. The molecule has 152 valence electrons. The van der Waals surface area contributed by atoms with E-state index in [1.165, 1.54) is 0 Å². The number of carbonyl (C=O) groups excluding carboxylic acids is 2. The van der Waals surface area contributed by atoms with Crippen molar-refractivity contribution in [2.45, 2.75) is 47.1 Å². The summed E-state index contributed by atoms with van der Waals surface area (Å²) in [6.07, 6.45) is 0.765. The first kappa shape index (κ1) is 21.8. The minimum absolute atomic E-state index is 0.0360. The van der Waals surface area contributed by atoms with E-state index in [2.05, 4.69) is 20.9 Å². The van der Waals surface area contributed by atoms with E-state index in [0.717, 1.165) is 40.1 Å². The first-order chi connectivity index (χ1) is 13.2. The van der Waals surface area contributed by atoms with Crippen LogP contribution in [0, 0.1) is 27.7 Å². The number of hydrogen-bond acceptors (Lipinski definition) is 5. The number of rotatable bonds is 7. The van der Waals surface area contributed by atoms with E-state index in [0.29, 0.717) is 22.2 Å². The lowest BCUT2D eigenvalue weighted by Crippen LogP contribution is -2.35. The second kappa shape index (κ2) is 9.66. The Labute approximate surface area is 169 Å². The third kappa shape index (κ3) is 5.53. The maximum atomic E-state index is 12.7. The van der Waals surface area contributed by atoms with Gasteiger partial charge in [-0.3, -0.25) is 10.1 Å². The number of urea groups is 1. The molecule has 1 aromatic heterocycles. The van der Waals surface area contributed by atoms with Gasteiger partial charge in [0.25, 0.3) is 5.91 Å². The molecule has 0 bridgehead atoms. The molecule has 0 saturated heterocycles. The molecule has 1 unspecified atom stereocenters. The van der Waals surface area contributed by atoms with Crippen molar-refractivity contribution in [3.63, 3.8) is 0 Å². The van der Waals surface area contributed by atoms with Gasteiger partial charge in [-0.1, -0.05) is 36.0 Å². The maximum Gasteiger partial charge on any atom is 0.321 e. The van der Waals surface area contributed by atoms with E-state index >= 15 is 0 Å². The third-order valence-corrected chi connectivity index (χ3v) is 5.49. The van der Waals surface area contributed by atoms with E-state index in [9.17, 15) is 9.59 Å². The molecule has 3 N–H and O–H groups in total. The molecule has 0 saturated carbocycles. The second-order valence-corrected chi connectivity index (χ2v) is 7.76. The van der Waals surface area contributed by atoms with Crippen LogP contribution < -0.4 is 16.0 Å². The lowest BCUT2D eigenvalue weighted by atomic mass is 10.1. The molecule has 1 heterocycles. The minimum atomic E-state index is -0.374. The van der Waals surface area contributed by atoms with Crippen molar-refractivity contribution < 1.29 is 14.3 Å². The summed E-state index contributed by atoms with van der Waals surface area (Å²) in [6, 6.07) is 3.69. The molecular weight excluding hydrogens is 376 g/mol. The average molecular weight is 405 g/mol. The number of ether oxygens (including phenoxy) is 1. The molecule has 0 aliphatic carbocycles. The van der Waals surface area contributed by atoms with Gasteiger partial charge in [-0.25, -0.2) is 9.78 Å². The fourth-order valence-corrected chi connectivity index (χ4v) is 3.81. The Morgan fingerprint density at radius 3 is 2.36 bits per heavy atom. The highest BCUT2D eigenvalue weighted by Gasteiger charge is 2.18. The van der Waals surface area contributed by atoms with Gasteiger partial charge in [0.05, 0.1) is 11.8 Å². The van der Waals surface area contributed by atoms with Crippen LogP contribution in [0.15, 0.2) is 12.1 Å². The summed E-state index contributed by atoms with van der Waals surface area (Å²) >= 11 is 1.15. The monoisotopic (exact) mass is 404 g/mol. The van der Waals surface area contributed by atoms with Crippen LogP contribution in [0.2, 0.25) is 0 Å². The van der Waals surface area contributed by atoms with Gasteiger partial charge in [-0.05, 0) is 45.2 Å². The summed E-state index contributed by atoms with van der Waals surface area (Å²) in [7, 11) is 1.61.